The molecule has 1 saturated heterocycles. The number of benzene rings is 1. The number of hydrogen-bond donors (Lipinski definition) is 0. The summed E-state index contributed by atoms with van der Waals surface area (Å²) in [7, 11) is 0. The molecule has 0 atom stereocenters. The van der Waals surface area contributed by atoms with Gasteiger partial charge in [-0.15, -0.1) is 0 Å². The van der Waals surface area contributed by atoms with E-state index in [0.29, 0.717) is 19.0 Å². The van der Waals surface area contributed by atoms with Gasteiger partial charge < -0.3 is 9.64 Å². The van der Waals surface area contributed by atoms with Gasteiger partial charge >= 0.3 is 6.09 Å². The summed E-state index contributed by atoms with van der Waals surface area (Å²) in [4.78, 5) is 19.3. The second kappa shape index (κ2) is 9.12. The first-order valence-electron chi connectivity index (χ1n) is 12.2. The quantitative estimate of drug-likeness (QED) is 0.477. The molecule has 4 nitrogen and oxygen atoms in total. The average Bonchev–Trinajstić information content (AvgIpc) is 2.71. The van der Waals surface area contributed by atoms with Crippen molar-refractivity contribution in [3.63, 3.8) is 0 Å². The number of amides is 1. The van der Waals surface area contributed by atoms with Crippen LogP contribution in [-0.4, -0.2) is 34.7 Å². The fraction of sp³-hybridized carbons (Fsp3) is 0.586. The number of aromatic nitrogens is 1. The van der Waals surface area contributed by atoms with Gasteiger partial charge in [0.2, 0.25) is 0 Å². The summed E-state index contributed by atoms with van der Waals surface area (Å²) in [6, 6.07) is 13.3. The van der Waals surface area contributed by atoms with E-state index in [1.54, 1.807) is 0 Å². The third-order valence-electron chi connectivity index (χ3n) is 6.30. The van der Waals surface area contributed by atoms with E-state index < -0.39 is 5.60 Å². The van der Waals surface area contributed by atoms with Gasteiger partial charge in [0.1, 0.15) is 5.60 Å². The van der Waals surface area contributed by atoms with E-state index in [4.69, 9.17) is 9.72 Å². The molecule has 0 saturated carbocycles. The van der Waals surface area contributed by atoms with Crippen LogP contribution in [0.15, 0.2) is 36.4 Å². The number of nitrogens with zero attached hydrogens (tertiary/aromatic N) is 2. The molecule has 33 heavy (non-hydrogen) atoms. The lowest BCUT2D eigenvalue weighted by Gasteiger charge is -2.33. The molecule has 0 unspecified atom stereocenters. The van der Waals surface area contributed by atoms with Gasteiger partial charge in [0.05, 0.1) is 5.69 Å². The van der Waals surface area contributed by atoms with E-state index in [-0.39, 0.29) is 16.9 Å². The minimum absolute atomic E-state index is 0.0715. The molecular weight excluding hydrogens is 408 g/mol. The summed E-state index contributed by atoms with van der Waals surface area (Å²) in [5, 5.41) is 0. The summed E-state index contributed by atoms with van der Waals surface area (Å²) < 4.78 is 5.54. The van der Waals surface area contributed by atoms with Crippen LogP contribution >= 0.6 is 0 Å². The average molecular weight is 451 g/mol. The van der Waals surface area contributed by atoms with Crippen LogP contribution in [0.2, 0.25) is 0 Å². The van der Waals surface area contributed by atoms with Gasteiger partial charge in [-0.2, -0.15) is 0 Å². The van der Waals surface area contributed by atoms with E-state index in [1.807, 2.05) is 25.7 Å². The highest BCUT2D eigenvalue weighted by molar-refractivity contribution is 5.68. The highest BCUT2D eigenvalue weighted by Gasteiger charge is 2.28. The Balaban J connectivity index is 1.83. The Labute approximate surface area is 200 Å². The van der Waals surface area contributed by atoms with E-state index in [1.165, 1.54) is 16.7 Å². The van der Waals surface area contributed by atoms with E-state index >= 15 is 0 Å². The molecule has 1 aromatic carbocycles. The Kier molecular flexibility index (Phi) is 6.98. The zero-order valence-electron chi connectivity index (χ0n) is 22.1. The van der Waals surface area contributed by atoms with Crippen molar-refractivity contribution in [2.24, 2.45) is 0 Å². The van der Waals surface area contributed by atoms with E-state index in [9.17, 15) is 4.79 Å². The Morgan fingerprint density at radius 1 is 0.879 bits per heavy atom. The van der Waals surface area contributed by atoms with E-state index in [2.05, 4.69) is 77.9 Å². The van der Waals surface area contributed by atoms with Gasteiger partial charge in [0.15, 0.2) is 0 Å². The number of piperidine rings is 1. The maximum Gasteiger partial charge on any atom is 0.410 e. The Morgan fingerprint density at radius 3 is 1.91 bits per heavy atom. The van der Waals surface area contributed by atoms with E-state index in [0.717, 1.165) is 24.2 Å². The Morgan fingerprint density at radius 2 is 1.42 bits per heavy atom. The second-order valence-corrected chi connectivity index (χ2v) is 12.5. The first kappa shape index (κ1) is 25.3. The van der Waals surface area contributed by atoms with Gasteiger partial charge in [-0.3, -0.25) is 4.98 Å². The fourth-order valence-electron chi connectivity index (χ4n) is 4.17. The highest BCUT2D eigenvalue weighted by Crippen LogP contribution is 2.34. The van der Waals surface area contributed by atoms with Crippen molar-refractivity contribution in [2.45, 2.75) is 97.5 Å². The molecule has 1 aliphatic rings. The molecule has 1 aliphatic heterocycles. The van der Waals surface area contributed by atoms with Gasteiger partial charge in [-0.05, 0) is 79.8 Å². The summed E-state index contributed by atoms with van der Waals surface area (Å²) in [6.45, 7) is 20.7. The van der Waals surface area contributed by atoms with Gasteiger partial charge in [-0.25, -0.2) is 4.79 Å². The molecule has 1 fully saturated rings. The first-order valence-corrected chi connectivity index (χ1v) is 12.2. The lowest BCUT2D eigenvalue weighted by atomic mass is 9.79. The van der Waals surface area contributed by atoms with Crippen LogP contribution in [0.4, 0.5) is 4.79 Å². The summed E-state index contributed by atoms with van der Waals surface area (Å²) in [5.74, 6) is 0.358. The van der Waals surface area contributed by atoms with Crippen molar-refractivity contribution in [1.82, 2.24) is 9.88 Å². The lowest BCUT2D eigenvalue weighted by molar-refractivity contribution is 0.0204. The van der Waals surface area contributed by atoms with Gasteiger partial charge in [0, 0.05) is 30.3 Å². The maximum absolute atomic E-state index is 12.4. The van der Waals surface area contributed by atoms with Crippen molar-refractivity contribution >= 4 is 6.09 Å². The summed E-state index contributed by atoms with van der Waals surface area (Å²) in [6.07, 6.45) is 1.60. The second-order valence-electron chi connectivity index (χ2n) is 12.5. The number of hydrogen-bond acceptors (Lipinski definition) is 3. The predicted octanol–water partition coefficient (Wildman–Crippen LogP) is 7.46. The van der Waals surface area contributed by atoms with Crippen molar-refractivity contribution < 1.29 is 9.53 Å². The molecular formula is C29H42N2O2. The third kappa shape index (κ3) is 6.59. The topological polar surface area (TPSA) is 42.4 Å². The number of likely N-dealkylation sites (tertiary alicyclic amines) is 1. The SMILES string of the molecule is CC(C)(C)OC(=O)N1CCC(c2cccc(-c3cc(C(C)(C)C)cc(C(C)(C)C)c3)n2)CC1. The molecule has 1 aromatic heterocycles. The van der Waals surface area contributed by atoms with Gasteiger partial charge in [0.25, 0.3) is 0 Å². The van der Waals surface area contributed by atoms with Crippen LogP contribution in [0.5, 0.6) is 0 Å². The molecule has 0 N–H and O–H groups in total. The largest absolute Gasteiger partial charge is 0.444 e. The monoisotopic (exact) mass is 450 g/mol. The number of ether oxygens (including phenoxy) is 1. The number of carbonyl (C=O) groups is 1. The maximum atomic E-state index is 12.4. The first-order chi connectivity index (χ1) is 15.1. The Bertz CT molecular complexity index is 950. The molecule has 0 radical (unpaired) electrons. The van der Waals surface area contributed by atoms with Crippen LogP contribution in [0.3, 0.4) is 0 Å². The molecule has 4 heteroatoms. The van der Waals surface area contributed by atoms with Crippen LogP contribution in [-0.2, 0) is 15.6 Å². The smallest absolute Gasteiger partial charge is 0.410 e. The number of rotatable bonds is 2. The molecule has 0 aliphatic carbocycles. The van der Waals surface area contributed by atoms with Crippen LogP contribution in [0, 0.1) is 0 Å². The van der Waals surface area contributed by atoms with Crippen molar-refractivity contribution in [3.05, 3.63) is 53.2 Å². The zero-order chi connectivity index (χ0) is 24.6. The van der Waals surface area contributed by atoms with Crippen LogP contribution in [0.1, 0.15) is 97.9 Å². The molecule has 3 rings (SSSR count). The normalized spacial score (nSPS) is 16.1. The number of carbonyl (C=O) groups excluding carboxylic acids is 1. The predicted molar refractivity (Wildman–Crippen MR) is 137 cm³/mol. The summed E-state index contributed by atoms with van der Waals surface area (Å²) in [5.41, 5.74) is 5.68. The van der Waals surface area contributed by atoms with Crippen molar-refractivity contribution in [2.75, 3.05) is 13.1 Å². The minimum Gasteiger partial charge on any atom is -0.444 e. The molecule has 2 heterocycles. The molecule has 0 bridgehead atoms. The molecule has 180 valence electrons. The molecule has 1 amide bonds. The van der Waals surface area contributed by atoms with Crippen LogP contribution in [0.25, 0.3) is 11.3 Å². The van der Waals surface area contributed by atoms with Crippen molar-refractivity contribution in [3.8, 4) is 11.3 Å². The standard InChI is InChI=1S/C29H42N2O2/c1-27(2,3)22-17-21(18-23(19-22)28(4,5)6)25-12-10-11-24(30-25)20-13-15-31(16-14-20)26(32)33-29(7,8)9/h10-12,17-20H,13-16H2,1-9H3. The van der Waals surface area contributed by atoms with Crippen LogP contribution < -0.4 is 0 Å². The minimum atomic E-state index is -0.461. The number of pyridine rings is 1. The Hall–Kier alpha value is -2.36. The summed E-state index contributed by atoms with van der Waals surface area (Å²) >= 11 is 0. The van der Waals surface area contributed by atoms with Crippen molar-refractivity contribution in [1.29, 1.82) is 0 Å². The molecule has 2 aromatic rings. The van der Waals surface area contributed by atoms with Gasteiger partial charge in [-0.1, -0.05) is 53.7 Å². The third-order valence-corrected chi connectivity index (χ3v) is 6.30. The zero-order valence-corrected chi connectivity index (χ0v) is 22.1. The fourth-order valence-corrected chi connectivity index (χ4v) is 4.17. The molecule has 0 spiro atoms. The highest BCUT2D eigenvalue weighted by atomic mass is 16.6. The lowest BCUT2D eigenvalue weighted by Crippen LogP contribution is -2.41.